The van der Waals surface area contributed by atoms with Gasteiger partial charge in [0.15, 0.2) is 17.6 Å². The molecule has 156 valence electrons. The summed E-state index contributed by atoms with van der Waals surface area (Å²) in [7, 11) is 3.22. The fourth-order valence-corrected chi connectivity index (χ4v) is 2.82. The van der Waals surface area contributed by atoms with Crippen molar-refractivity contribution in [1.29, 1.82) is 0 Å². The summed E-state index contributed by atoms with van der Waals surface area (Å²) < 4.78 is 21.6. The van der Waals surface area contributed by atoms with E-state index in [4.69, 9.17) is 18.9 Å². The Morgan fingerprint density at radius 1 is 1.07 bits per heavy atom. The van der Waals surface area contributed by atoms with Crippen molar-refractivity contribution in [1.82, 2.24) is 0 Å². The van der Waals surface area contributed by atoms with Crippen LogP contribution in [0, 0.1) is 0 Å². The van der Waals surface area contributed by atoms with E-state index in [1.54, 1.807) is 21.1 Å². The molecule has 2 rings (SSSR count). The van der Waals surface area contributed by atoms with Gasteiger partial charge in [0.25, 0.3) is 0 Å². The summed E-state index contributed by atoms with van der Waals surface area (Å²) in [6.07, 6.45) is 1.48. The van der Waals surface area contributed by atoms with E-state index in [0.29, 0.717) is 36.9 Å². The number of rotatable bonds is 11. The van der Waals surface area contributed by atoms with Gasteiger partial charge in [0.05, 0.1) is 14.2 Å². The van der Waals surface area contributed by atoms with Gasteiger partial charge < -0.3 is 24.1 Å². The average Bonchev–Trinajstić information content (AvgIpc) is 2.73. The van der Waals surface area contributed by atoms with Gasteiger partial charge in [-0.1, -0.05) is 18.2 Å². The highest BCUT2D eigenvalue weighted by molar-refractivity contribution is 5.72. The van der Waals surface area contributed by atoms with Crippen LogP contribution in [-0.4, -0.2) is 44.6 Å². The fraction of sp³-hybridized carbons (Fsp3) is 0.348. The summed E-state index contributed by atoms with van der Waals surface area (Å²) in [6, 6.07) is 13.2. The Bertz CT molecular complexity index is 826. The quantitative estimate of drug-likeness (QED) is 0.609. The molecule has 0 unspecified atom stereocenters. The third-order valence-corrected chi connectivity index (χ3v) is 4.47. The normalized spacial score (nSPS) is 12.3. The van der Waals surface area contributed by atoms with Gasteiger partial charge in [-0.05, 0) is 60.9 Å². The second-order valence-corrected chi connectivity index (χ2v) is 6.40. The van der Waals surface area contributed by atoms with Gasteiger partial charge in [-0.2, -0.15) is 0 Å². The first kappa shape index (κ1) is 22.3. The lowest BCUT2D eigenvalue weighted by Crippen LogP contribution is -2.26. The molecule has 0 spiro atoms. The van der Waals surface area contributed by atoms with Crippen LogP contribution in [0.15, 0.2) is 48.5 Å². The van der Waals surface area contributed by atoms with Gasteiger partial charge in [0.1, 0.15) is 12.4 Å². The number of benzene rings is 2. The molecule has 0 saturated heterocycles. The SMILES string of the molecule is CCO[C@@H](Cc1ccc(OCC=C(C)c2ccc(OC)c(OC)c2)cc1)C(=O)O. The van der Waals surface area contributed by atoms with E-state index in [0.717, 1.165) is 16.7 Å². The van der Waals surface area contributed by atoms with E-state index >= 15 is 0 Å². The van der Waals surface area contributed by atoms with Crippen molar-refractivity contribution < 1.29 is 28.8 Å². The monoisotopic (exact) mass is 400 g/mol. The fourth-order valence-electron chi connectivity index (χ4n) is 2.82. The van der Waals surface area contributed by atoms with Crippen LogP contribution in [0.1, 0.15) is 25.0 Å². The number of carboxylic acids is 1. The zero-order valence-electron chi connectivity index (χ0n) is 17.3. The average molecular weight is 400 g/mol. The zero-order valence-corrected chi connectivity index (χ0v) is 17.3. The number of methoxy groups -OCH3 is 2. The van der Waals surface area contributed by atoms with Gasteiger partial charge >= 0.3 is 5.97 Å². The zero-order chi connectivity index (χ0) is 21.2. The Labute approximate surface area is 171 Å². The standard InChI is InChI=1S/C23H28O6/c1-5-28-22(23(24)25)14-17-6-9-19(10-7-17)29-13-12-16(2)18-8-11-20(26-3)21(15-18)27-4/h6-12,15,22H,5,13-14H2,1-4H3,(H,24,25)/t22-/m0/s1. The van der Waals surface area contributed by atoms with Crippen molar-refractivity contribution >= 4 is 11.5 Å². The number of allylic oxidation sites excluding steroid dienone is 1. The van der Waals surface area contributed by atoms with E-state index in [1.807, 2.05) is 55.5 Å². The maximum Gasteiger partial charge on any atom is 0.333 e. The Morgan fingerprint density at radius 3 is 2.34 bits per heavy atom. The maximum atomic E-state index is 11.2. The number of carbonyl (C=O) groups is 1. The Hall–Kier alpha value is -2.99. The molecule has 2 aromatic carbocycles. The van der Waals surface area contributed by atoms with Crippen LogP contribution in [0.5, 0.6) is 17.2 Å². The van der Waals surface area contributed by atoms with E-state index < -0.39 is 12.1 Å². The van der Waals surface area contributed by atoms with Crippen molar-refractivity contribution in [3.8, 4) is 17.2 Å². The second-order valence-electron chi connectivity index (χ2n) is 6.40. The molecule has 1 atom stereocenters. The lowest BCUT2D eigenvalue weighted by Gasteiger charge is -2.13. The first-order valence-electron chi connectivity index (χ1n) is 9.43. The summed E-state index contributed by atoms with van der Waals surface area (Å²) in [5.74, 6) is 1.13. The smallest absolute Gasteiger partial charge is 0.333 e. The highest BCUT2D eigenvalue weighted by Crippen LogP contribution is 2.30. The molecule has 0 heterocycles. The summed E-state index contributed by atoms with van der Waals surface area (Å²) >= 11 is 0. The second kappa shape index (κ2) is 11.1. The summed E-state index contributed by atoms with van der Waals surface area (Å²) in [5, 5.41) is 9.17. The van der Waals surface area contributed by atoms with Gasteiger partial charge in [0.2, 0.25) is 0 Å². The molecule has 0 fully saturated rings. The maximum absolute atomic E-state index is 11.2. The Morgan fingerprint density at radius 2 is 1.76 bits per heavy atom. The molecule has 0 aromatic heterocycles. The largest absolute Gasteiger partial charge is 0.493 e. The van der Waals surface area contributed by atoms with Gasteiger partial charge in [0, 0.05) is 13.0 Å². The minimum Gasteiger partial charge on any atom is -0.493 e. The highest BCUT2D eigenvalue weighted by atomic mass is 16.5. The van der Waals surface area contributed by atoms with Crippen LogP contribution in [0.3, 0.4) is 0 Å². The molecular formula is C23H28O6. The third-order valence-electron chi connectivity index (χ3n) is 4.47. The number of carboxylic acid groups (broad SMARTS) is 1. The van der Waals surface area contributed by atoms with Crippen molar-refractivity contribution in [2.24, 2.45) is 0 Å². The molecule has 0 amide bonds. The van der Waals surface area contributed by atoms with Crippen molar-refractivity contribution in [2.45, 2.75) is 26.4 Å². The topological polar surface area (TPSA) is 74.2 Å². The predicted molar refractivity (Wildman–Crippen MR) is 112 cm³/mol. The van der Waals surface area contributed by atoms with Crippen molar-refractivity contribution in [2.75, 3.05) is 27.4 Å². The van der Waals surface area contributed by atoms with E-state index in [2.05, 4.69) is 0 Å². The number of ether oxygens (including phenoxy) is 4. The summed E-state index contributed by atoms with van der Waals surface area (Å²) in [6.45, 7) is 4.57. The number of aliphatic carboxylic acids is 1. The first-order chi connectivity index (χ1) is 14.0. The van der Waals surface area contributed by atoms with Gasteiger partial charge in [-0.25, -0.2) is 4.79 Å². The minimum absolute atomic E-state index is 0.321. The Balaban J connectivity index is 1.95. The lowest BCUT2D eigenvalue weighted by molar-refractivity contribution is -0.149. The van der Waals surface area contributed by atoms with Crippen molar-refractivity contribution in [3.05, 3.63) is 59.7 Å². The van der Waals surface area contributed by atoms with Gasteiger partial charge in [-0.3, -0.25) is 0 Å². The molecule has 0 bridgehead atoms. The van der Waals surface area contributed by atoms with Crippen LogP contribution >= 0.6 is 0 Å². The van der Waals surface area contributed by atoms with Crippen molar-refractivity contribution in [3.63, 3.8) is 0 Å². The predicted octanol–water partition coefficient (Wildman–Crippen LogP) is 4.22. The molecule has 0 aliphatic rings. The van der Waals surface area contributed by atoms with Crippen LogP contribution in [-0.2, 0) is 16.0 Å². The van der Waals surface area contributed by atoms with Crippen LogP contribution < -0.4 is 14.2 Å². The molecule has 29 heavy (non-hydrogen) atoms. The van der Waals surface area contributed by atoms with Crippen LogP contribution in [0.4, 0.5) is 0 Å². The molecule has 6 heteroatoms. The molecule has 1 N–H and O–H groups in total. The summed E-state index contributed by atoms with van der Waals surface area (Å²) in [5.41, 5.74) is 2.97. The van der Waals surface area contributed by atoms with E-state index in [1.165, 1.54) is 0 Å². The first-order valence-corrected chi connectivity index (χ1v) is 9.43. The minimum atomic E-state index is -0.956. The van der Waals surface area contributed by atoms with Crippen LogP contribution in [0.25, 0.3) is 5.57 Å². The number of hydrogen-bond acceptors (Lipinski definition) is 5. The number of hydrogen-bond donors (Lipinski definition) is 1. The van der Waals surface area contributed by atoms with E-state index in [-0.39, 0.29) is 0 Å². The highest BCUT2D eigenvalue weighted by Gasteiger charge is 2.17. The van der Waals surface area contributed by atoms with Crippen LogP contribution in [0.2, 0.25) is 0 Å². The summed E-state index contributed by atoms with van der Waals surface area (Å²) in [4.78, 5) is 11.2. The molecule has 6 nitrogen and oxygen atoms in total. The molecule has 2 aromatic rings. The Kier molecular flexibility index (Phi) is 8.55. The molecular weight excluding hydrogens is 372 g/mol. The van der Waals surface area contributed by atoms with E-state index in [9.17, 15) is 9.90 Å². The lowest BCUT2D eigenvalue weighted by atomic mass is 10.1. The molecule has 0 aliphatic carbocycles. The van der Waals surface area contributed by atoms with Gasteiger partial charge in [-0.15, -0.1) is 0 Å². The molecule has 0 radical (unpaired) electrons. The molecule has 0 saturated carbocycles. The molecule has 0 aliphatic heterocycles. The third kappa shape index (κ3) is 6.54.